The van der Waals surface area contributed by atoms with Gasteiger partial charge < -0.3 is 145 Å². The van der Waals surface area contributed by atoms with Crippen molar-refractivity contribution in [1.82, 2.24) is 117 Å². The van der Waals surface area contributed by atoms with Gasteiger partial charge in [0, 0.05) is 67.1 Å². The maximum Gasteiger partial charge on any atom is 0.245 e. The lowest BCUT2D eigenvalue weighted by Gasteiger charge is -2.30. The van der Waals surface area contributed by atoms with Crippen LogP contribution in [0.25, 0.3) is 0 Å². The van der Waals surface area contributed by atoms with Crippen LogP contribution < -0.4 is 140 Å². The van der Waals surface area contributed by atoms with E-state index in [2.05, 4.69) is 117 Å². The van der Waals surface area contributed by atoms with Crippen molar-refractivity contribution in [3.63, 3.8) is 0 Å². The molecule has 0 unspecified atom stereocenters. The molecule has 0 spiro atoms. The van der Waals surface area contributed by atoms with E-state index in [4.69, 9.17) is 44.6 Å². The molecule has 35 N–H and O–H groups in total. The van der Waals surface area contributed by atoms with Gasteiger partial charge in [-0.3, -0.25) is 108 Å². The minimum absolute atomic E-state index is 0.00984. The molecule has 18 amide bonds. The van der Waals surface area contributed by atoms with Crippen molar-refractivity contribution in [3.8, 4) is 0 Å². The van der Waals surface area contributed by atoms with Crippen LogP contribution in [0.3, 0.4) is 0 Å². The summed E-state index contributed by atoms with van der Waals surface area (Å²) in [5.74, 6) is -25.6. The lowest BCUT2D eigenvalue weighted by Crippen LogP contribution is -2.63. The fourth-order valence-electron chi connectivity index (χ4n) is 13.9. The van der Waals surface area contributed by atoms with Gasteiger partial charge in [0.05, 0.1) is 19.2 Å². The molecule has 4 fully saturated rings. The summed E-state index contributed by atoms with van der Waals surface area (Å²) in [6, 6.07) is -18.3. The average Bonchev–Trinajstić information content (AvgIpc) is 0.842. The van der Waals surface area contributed by atoms with Gasteiger partial charge in [0.2, 0.25) is 106 Å². The molecule has 4 saturated heterocycles. The molecule has 6 bridgehead atoms. The van der Waals surface area contributed by atoms with Crippen LogP contribution in [0, 0.1) is 45.3 Å². The minimum Gasteiger partial charge on any atom is -0.391 e. The Morgan fingerprint density at radius 3 is 0.934 bits per heavy atom. The second kappa shape index (κ2) is 60.5. The van der Waals surface area contributed by atoms with E-state index in [0.717, 1.165) is 71.7 Å². The van der Waals surface area contributed by atoms with Crippen molar-refractivity contribution in [1.29, 1.82) is 21.6 Å². The van der Waals surface area contributed by atoms with Crippen LogP contribution in [0.4, 0.5) is 0 Å². The zero-order chi connectivity index (χ0) is 102. The van der Waals surface area contributed by atoms with Crippen LogP contribution in [0.15, 0.2) is 30.3 Å². The van der Waals surface area contributed by atoms with Gasteiger partial charge in [-0.1, -0.05) is 157 Å². The fraction of sp³-hybridized carbons (Fsp3) is 0.659. The van der Waals surface area contributed by atoms with Gasteiger partial charge in [0.25, 0.3) is 0 Å². The first-order chi connectivity index (χ1) is 64.8. The molecule has 18 atom stereocenters. The second-order valence-corrected chi connectivity index (χ2v) is 41.9. The summed E-state index contributed by atoms with van der Waals surface area (Å²) < 4.78 is 0. The van der Waals surface area contributed by atoms with Crippen molar-refractivity contribution in [3.05, 3.63) is 35.9 Å². The molecule has 764 valence electrons. The quantitative estimate of drug-likeness (QED) is 0.0177. The summed E-state index contributed by atoms with van der Waals surface area (Å²) in [5, 5.41) is 100. The number of fused-ring (bicyclic) bond motifs is 15. The SMILES string of the molecule is CC[C@H](C)[C@@H]1NC(=O)[C@@H]2CSSC[C@H](NC(=O)[C@H](CCCNC(=N)N)NC(=O)[C@@H]3CSSC[C@H](NC1=O)C(=O)N[C@@H]([C@@H](C)O)C(=O)N[C@@H](CCCNC(=N)N)C(=O)NCC(=O)N[C@@H](Cc1ccccc1)C(=O)N3)C(=O)N[C@@H](CC(C)C)C(=O)N[C@H]1CSSC[C@H](NC(=O)[C@H](C(C)C)NC(=O)CNC(=O)[C@H](CCCNC(=N)N)NC(=O)[C@H](CC(C)C)NC1=O)C(=O)N[C@@H](CCCNC(=N)N)C(=O)N2. The number of hydrogen-bond donors (Lipinski definition) is 31. The van der Waals surface area contributed by atoms with Crippen LogP contribution in [-0.2, 0) is 92.7 Å². The van der Waals surface area contributed by atoms with E-state index in [1.165, 1.54) is 0 Å². The number of rotatable bonds is 26. The number of guanidine groups is 4. The Bertz CT molecular complexity index is 4360. The minimum atomic E-state index is -1.93. The summed E-state index contributed by atoms with van der Waals surface area (Å²) >= 11 is 0. The number of nitrogens with one attached hydrogen (secondary N) is 26. The number of aliphatic hydroxyl groups is 1. The third-order valence-electron chi connectivity index (χ3n) is 21.5. The van der Waals surface area contributed by atoms with E-state index in [0.29, 0.717) is 5.56 Å². The first kappa shape index (κ1) is 116. The highest BCUT2D eigenvalue weighted by molar-refractivity contribution is 8.77. The molecule has 1 aromatic carbocycles. The Labute approximate surface area is 818 Å². The maximum absolute atomic E-state index is 15.7. The standard InChI is InChI=1S/C82H136N30O19S6/c1-10-42(8)61-77(130)109-57-38-137-132-33-52(107-69(122)51(30-44-18-12-11-13-19-44)97-58(114)31-95-64(117)46(21-15-25-92-80(85)86)101-78(131)62(43(9)113)112-75(57)128)70(123)99-47(22-16-26-93-81(87)88)65(118)104-53-34-133-136-37-56(74(127)111-61)105-66(119)48(23-17-27-94-82(89)90)100-71(124)55-36-135-134-35-54(106-68(121)50(29-40(4)5)103-72(53)125)73(126)102-49(28-39(2)3)67(120)98-45(20-14-24-91-79(83)84)63(116)96-32-59(115)110-60(41(6)7)76(129)108-55/h11-13,18-19,39-43,45-57,60-62,113H,10,14-17,20-38H2,1-9H3,(H,95,117)(H,96,116)(H,97,114)(H,98,120)(H,99,123)(H,100,124)(H,101,131)(H,102,126)(H,103,125)(H,104,118)(H,105,119)(H,106,121)(H,107,122)(H,108,129)(H,109,130)(H,110,115)(H,111,127)(H,112,128)(H4,83,84,91)(H4,85,86,92)(H4,87,88,93)(H4,89,90,94)/t42-,43+,45-,46-,47-,48-,49-,50-,51-,52-,53-,54-,55-,56-,57-,60-,61-,62-/m0/s1. The first-order valence-electron chi connectivity index (χ1n) is 45.0. The van der Waals surface area contributed by atoms with Gasteiger partial charge in [-0.15, -0.1) is 0 Å². The Morgan fingerprint density at radius 2 is 0.606 bits per heavy atom. The summed E-state index contributed by atoms with van der Waals surface area (Å²) in [6.45, 7) is 12.6. The molecule has 4 aliphatic rings. The summed E-state index contributed by atoms with van der Waals surface area (Å²) in [7, 11) is 4.95. The van der Waals surface area contributed by atoms with Crippen LogP contribution in [0.2, 0.25) is 0 Å². The zero-order valence-electron chi connectivity index (χ0n) is 78.0. The summed E-state index contributed by atoms with van der Waals surface area (Å²) in [6.07, 6.45) is -3.18. The van der Waals surface area contributed by atoms with Gasteiger partial charge in [0.15, 0.2) is 23.8 Å². The van der Waals surface area contributed by atoms with Gasteiger partial charge in [-0.05, 0) is 100 Å². The fourth-order valence-corrected chi connectivity index (χ4v) is 20.9. The van der Waals surface area contributed by atoms with Gasteiger partial charge in [-0.25, -0.2) is 0 Å². The monoisotopic (exact) mass is 2040 g/mol. The predicted octanol–water partition coefficient (Wildman–Crippen LogP) is -7.35. The van der Waals surface area contributed by atoms with Crippen molar-refractivity contribution >= 4 is 195 Å². The van der Waals surface area contributed by atoms with E-state index in [9.17, 15) is 38.7 Å². The molecule has 55 heteroatoms. The van der Waals surface area contributed by atoms with Crippen molar-refractivity contribution in [2.24, 2.45) is 46.6 Å². The molecule has 0 radical (unpaired) electrons. The van der Waals surface area contributed by atoms with Crippen molar-refractivity contribution in [2.75, 3.05) is 73.8 Å². The normalized spacial score (nSPS) is 26.5. The number of benzene rings is 1. The molecule has 0 saturated carbocycles. The highest BCUT2D eigenvalue weighted by Gasteiger charge is 2.42. The number of nitrogens with two attached hydrogens (primary N) is 4. The Kier molecular flexibility index (Phi) is 51.4. The molecular formula is C82H136N30O19S6. The third kappa shape index (κ3) is 42.8. The highest BCUT2D eigenvalue weighted by atomic mass is 33.1. The number of aliphatic hydroxyl groups excluding tert-OH is 1. The molecule has 4 heterocycles. The number of carbonyl (C=O) groups excluding carboxylic acids is 18. The summed E-state index contributed by atoms with van der Waals surface area (Å²) in [5.41, 5.74) is 22.9. The largest absolute Gasteiger partial charge is 0.391 e. The molecule has 5 rings (SSSR count). The van der Waals surface area contributed by atoms with E-state index in [1.54, 1.807) is 85.7 Å². The van der Waals surface area contributed by atoms with Crippen molar-refractivity contribution in [2.45, 2.75) is 242 Å². The first-order valence-corrected chi connectivity index (χ1v) is 52.5. The van der Waals surface area contributed by atoms with Crippen LogP contribution in [0.1, 0.15) is 139 Å². The predicted molar refractivity (Wildman–Crippen MR) is 523 cm³/mol. The van der Waals surface area contributed by atoms with E-state index in [1.807, 2.05) is 0 Å². The number of carbonyl (C=O) groups is 18. The molecular weight excluding hydrogens is 1900 g/mol. The molecule has 1 aromatic rings. The lowest BCUT2D eigenvalue weighted by molar-refractivity contribution is -0.137. The molecule has 0 aromatic heterocycles. The number of amides is 18. The Balaban J connectivity index is 1.85. The molecule has 4 aliphatic heterocycles. The average molecular weight is 2040 g/mol. The van der Waals surface area contributed by atoms with Crippen LogP contribution in [0.5, 0.6) is 0 Å². The van der Waals surface area contributed by atoms with Crippen LogP contribution in [-0.4, -0.2) is 312 Å². The van der Waals surface area contributed by atoms with Gasteiger partial charge >= 0.3 is 0 Å². The Morgan fingerprint density at radius 1 is 0.336 bits per heavy atom. The van der Waals surface area contributed by atoms with Crippen molar-refractivity contribution < 1.29 is 91.4 Å². The van der Waals surface area contributed by atoms with Gasteiger partial charge in [-0.2, -0.15) is 0 Å². The van der Waals surface area contributed by atoms with E-state index >= 15 is 52.7 Å². The molecule has 0 aliphatic carbocycles. The molecule has 49 nitrogen and oxygen atoms in total. The third-order valence-corrected chi connectivity index (χ3v) is 28.8. The second-order valence-electron chi connectivity index (χ2n) is 34.3. The van der Waals surface area contributed by atoms with E-state index < -0.39 is 298 Å². The van der Waals surface area contributed by atoms with Gasteiger partial charge in [0.1, 0.15) is 96.7 Å². The highest BCUT2D eigenvalue weighted by Crippen LogP contribution is 2.28. The smallest absolute Gasteiger partial charge is 0.245 e. The zero-order valence-corrected chi connectivity index (χ0v) is 82.9. The summed E-state index contributed by atoms with van der Waals surface area (Å²) in [4.78, 5) is 271. The van der Waals surface area contributed by atoms with E-state index in [-0.39, 0.29) is 109 Å². The lowest BCUT2D eigenvalue weighted by atomic mass is 9.97. The topological polar surface area (TPSA) is 792 Å². The van der Waals surface area contributed by atoms with Crippen LogP contribution >= 0.6 is 64.8 Å². The number of hydrogen-bond acceptors (Lipinski definition) is 29. The maximum atomic E-state index is 15.7. The molecule has 137 heavy (non-hydrogen) atoms. The Hall–Kier alpha value is -11.2.